The molecule has 5 nitrogen and oxygen atoms in total. The van der Waals surface area contributed by atoms with Crippen molar-refractivity contribution in [3.8, 4) is 0 Å². The molecule has 0 unspecified atom stereocenters. The number of H-pyrrole nitrogens is 1. The molecule has 1 aliphatic carbocycles. The van der Waals surface area contributed by atoms with Crippen molar-refractivity contribution < 1.29 is 4.79 Å². The fourth-order valence-corrected chi connectivity index (χ4v) is 1.79. The first kappa shape index (κ1) is 10.0. The first-order valence-corrected chi connectivity index (χ1v) is 5.59. The summed E-state index contributed by atoms with van der Waals surface area (Å²) in [6.07, 6.45) is 7.15. The Hall–Kier alpha value is -2.17. The quantitative estimate of drug-likeness (QED) is 0.843. The maximum atomic E-state index is 12.0. The van der Waals surface area contributed by atoms with Gasteiger partial charge in [-0.3, -0.25) is 14.9 Å². The monoisotopic (exact) mass is 228 g/mol. The van der Waals surface area contributed by atoms with E-state index in [0.717, 1.165) is 24.2 Å². The summed E-state index contributed by atoms with van der Waals surface area (Å²) in [5.41, 5.74) is 2.34. The predicted octanol–water partition coefficient (Wildman–Crippen LogP) is 1.93. The summed E-state index contributed by atoms with van der Waals surface area (Å²) >= 11 is 0. The predicted molar refractivity (Wildman–Crippen MR) is 62.8 cm³/mol. The molecule has 1 aliphatic rings. The van der Waals surface area contributed by atoms with Crippen LogP contribution >= 0.6 is 0 Å². The van der Waals surface area contributed by atoms with Gasteiger partial charge < -0.3 is 5.32 Å². The third kappa shape index (κ3) is 2.04. The van der Waals surface area contributed by atoms with Crippen molar-refractivity contribution in [3.63, 3.8) is 0 Å². The van der Waals surface area contributed by atoms with Crippen LogP contribution in [0, 0.1) is 0 Å². The SMILES string of the molecule is O=C(Nc1ccncc1)c1cn[nH]c1C1CC1. The van der Waals surface area contributed by atoms with Crippen molar-refractivity contribution in [1.82, 2.24) is 15.2 Å². The van der Waals surface area contributed by atoms with E-state index in [0.29, 0.717) is 11.5 Å². The molecule has 2 aromatic rings. The largest absolute Gasteiger partial charge is 0.322 e. The molecular formula is C12H12N4O. The van der Waals surface area contributed by atoms with Gasteiger partial charge in [0.25, 0.3) is 5.91 Å². The van der Waals surface area contributed by atoms with Crippen molar-refractivity contribution >= 4 is 11.6 Å². The highest BCUT2D eigenvalue weighted by Crippen LogP contribution is 2.40. The van der Waals surface area contributed by atoms with Crippen LogP contribution in [0.15, 0.2) is 30.7 Å². The first-order chi connectivity index (χ1) is 8.34. The van der Waals surface area contributed by atoms with Crippen LogP contribution in [0.2, 0.25) is 0 Å². The van der Waals surface area contributed by atoms with E-state index in [1.807, 2.05) is 0 Å². The highest BCUT2D eigenvalue weighted by Gasteiger charge is 2.29. The molecule has 0 saturated heterocycles. The molecule has 0 radical (unpaired) electrons. The van der Waals surface area contributed by atoms with Crippen LogP contribution in [0.4, 0.5) is 5.69 Å². The smallest absolute Gasteiger partial charge is 0.259 e. The molecule has 0 atom stereocenters. The average molecular weight is 228 g/mol. The van der Waals surface area contributed by atoms with Gasteiger partial charge in [0.15, 0.2) is 0 Å². The second-order valence-corrected chi connectivity index (χ2v) is 4.16. The second-order valence-electron chi connectivity index (χ2n) is 4.16. The van der Waals surface area contributed by atoms with E-state index in [2.05, 4.69) is 20.5 Å². The number of pyridine rings is 1. The maximum absolute atomic E-state index is 12.0. The molecule has 2 N–H and O–H groups in total. The Balaban J connectivity index is 1.80. The number of amides is 1. The maximum Gasteiger partial charge on any atom is 0.259 e. The normalized spacial score (nSPS) is 14.6. The number of rotatable bonds is 3. The van der Waals surface area contributed by atoms with Crippen LogP contribution in [0.5, 0.6) is 0 Å². The van der Waals surface area contributed by atoms with Crippen molar-refractivity contribution in [2.24, 2.45) is 0 Å². The fourth-order valence-electron chi connectivity index (χ4n) is 1.79. The molecule has 2 aromatic heterocycles. The lowest BCUT2D eigenvalue weighted by Crippen LogP contribution is -2.12. The number of carbonyl (C=O) groups is 1. The number of carbonyl (C=O) groups excluding carboxylic acids is 1. The number of nitrogens with one attached hydrogen (secondary N) is 2. The summed E-state index contributed by atoms with van der Waals surface area (Å²) in [6, 6.07) is 3.52. The number of aromatic nitrogens is 3. The van der Waals surface area contributed by atoms with Crippen LogP contribution in [-0.4, -0.2) is 21.1 Å². The summed E-state index contributed by atoms with van der Waals surface area (Å²) in [5, 5.41) is 9.69. The number of aromatic amines is 1. The minimum atomic E-state index is -0.119. The lowest BCUT2D eigenvalue weighted by Gasteiger charge is -2.04. The van der Waals surface area contributed by atoms with Gasteiger partial charge in [0, 0.05) is 24.0 Å². The van der Waals surface area contributed by atoms with Gasteiger partial charge in [-0.05, 0) is 25.0 Å². The van der Waals surface area contributed by atoms with Gasteiger partial charge in [0.05, 0.1) is 17.5 Å². The first-order valence-electron chi connectivity index (χ1n) is 5.59. The minimum absolute atomic E-state index is 0.119. The molecule has 0 aromatic carbocycles. The molecule has 1 saturated carbocycles. The molecule has 86 valence electrons. The zero-order valence-corrected chi connectivity index (χ0v) is 9.18. The van der Waals surface area contributed by atoms with Crippen LogP contribution in [0.3, 0.4) is 0 Å². The van der Waals surface area contributed by atoms with Crippen LogP contribution in [0.25, 0.3) is 0 Å². The minimum Gasteiger partial charge on any atom is -0.322 e. The third-order valence-corrected chi connectivity index (χ3v) is 2.84. The molecule has 0 spiro atoms. The van der Waals surface area contributed by atoms with Crippen LogP contribution in [0.1, 0.15) is 34.8 Å². The van der Waals surface area contributed by atoms with Crippen molar-refractivity contribution in [1.29, 1.82) is 0 Å². The highest BCUT2D eigenvalue weighted by atomic mass is 16.1. The van der Waals surface area contributed by atoms with Crippen LogP contribution < -0.4 is 5.32 Å². The van der Waals surface area contributed by atoms with E-state index in [1.54, 1.807) is 30.7 Å². The second kappa shape index (κ2) is 4.01. The van der Waals surface area contributed by atoms with Crippen molar-refractivity contribution in [2.45, 2.75) is 18.8 Å². The van der Waals surface area contributed by atoms with Gasteiger partial charge in [-0.15, -0.1) is 0 Å². The average Bonchev–Trinajstić information content (AvgIpc) is 3.08. The summed E-state index contributed by atoms with van der Waals surface area (Å²) < 4.78 is 0. The van der Waals surface area contributed by atoms with E-state index in [1.165, 1.54) is 0 Å². The lowest BCUT2D eigenvalue weighted by atomic mass is 10.1. The van der Waals surface area contributed by atoms with Gasteiger partial charge in [-0.2, -0.15) is 5.10 Å². The molecular weight excluding hydrogens is 216 g/mol. The van der Waals surface area contributed by atoms with Gasteiger partial charge in [-0.1, -0.05) is 0 Å². The summed E-state index contributed by atoms with van der Waals surface area (Å²) in [6.45, 7) is 0. The van der Waals surface area contributed by atoms with E-state index in [-0.39, 0.29) is 5.91 Å². The Morgan fingerprint density at radius 3 is 2.82 bits per heavy atom. The zero-order chi connectivity index (χ0) is 11.7. The van der Waals surface area contributed by atoms with Gasteiger partial charge in [0.2, 0.25) is 0 Å². The summed E-state index contributed by atoms with van der Waals surface area (Å²) in [7, 11) is 0. The fraction of sp³-hybridized carbons (Fsp3) is 0.250. The van der Waals surface area contributed by atoms with E-state index in [4.69, 9.17) is 0 Å². The third-order valence-electron chi connectivity index (χ3n) is 2.84. The number of nitrogens with zero attached hydrogens (tertiary/aromatic N) is 2. The Kier molecular flexibility index (Phi) is 2.36. The Labute approximate surface area is 98.3 Å². The molecule has 1 fully saturated rings. The summed E-state index contributed by atoms with van der Waals surface area (Å²) in [4.78, 5) is 15.9. The van der Waals surface area contributed by atoms with E-state index < -0.39 is 0 Å². The van der Waals surface area contributed by atoms with E-state index >= 15 is 0 Å². The number of anilines is 1. The van der Waals surface area contributed by atoms with Crippen molar-refractivity contribution in [2.75, 3.05) is 5.32 Å². The van der Waals surface area contributed by atoms with Crippen LogP contribution in [-0.2, 0) is 0 Å². The molecule has 5 heteroatoms. The number of hydrogen-bond acceptors (Lipinski definition) is 3. The van der Waals surface area contributed by atoms with Crippen molar-refractivity contribution in [3.05, 3.63) is 42.0 Å². The molecule has 0 aliphatic heterocycles. The molecule has 3 rings (SSSR count). The summed E-state index contributed by atoms with van der Waals surface area (Å²) in [5.74, 6) is 0.363. The number of hydrogen-bond donors (Lipinski definition) is 2. The molecule has 0 bridgehead atoms. The molecule has 2 heterocycles. The zero-order valence-electron chi connectivity index (χ0n) is 9.18. The standard InChI is InChI=1S/C12H12N4O/c17-12(15-9-3-5-13-6-4-9)10-7-14-16-11(10)8-1-2-8/h3-8H,1-2H2,(H,14,16)(H,13,15,17). The Morgan fingerprint density at radius 2 is 2.12 bits per heavy atom. The van der Waals surface area contributed by atoms with E-state index in [9.17, 15) is 4.79 Å². The lowest BCUT2D eigenvalue weighted by molar-refractivity contribution is 0.102. The molecule has 17 heavy (non-hydrogen) atoms. The Morgan fingerprint density at radius 1 is 1.35 bits per heavy atom. The topological polar surface area (TPSA) is 70.7 Å². The van der Waals surface area contributed by atoms with Gasteiger partial charge in [-0.25, -0.2) is 0 Å². The molecule has 1 amide bonds. The highest BCUT2D eigenvalue weighted by molar-refractivity contribution is 6.05. The van der Waals surface area contributed by atoms with Gasteiger partial charge >= 0.3 is 0 Å². The van der Waals surface area contributed by atoms with Gasteiger partial charge in [0.1, 0.15) is 0 Å². The Bertz CT molecular complexity index is 530.